The summed E-state index contributed by atoms with van der Waals surface area (Å²) >= 11 is 0. The van der Waals surface area contributed by atoms with Gasteiger partial charge in [0.25, 0.3) is 0 Å². The van der Waals surface area contributed by atoms with Crippen LogP contribution in [0.5, 0.6) is 0 Å². The highest BCUT2D eigenvalue weighted by Gasteiger charge is 2.34. The van der Waals surface area contributed by atoms with E-state index in [9.17, 15) is 19.5 Å². The van der Waals surface area contributed by atoms with Crippen molar-refractivity contribution in [2.45, 2.75) is 117 Å². The Morgan fingerprint density at radius 3 is 2.31 bits per heavy atom. The monoisotopic (exact) mass is 620 g/mol. The van der Waals surface area contributed by atoms with Gasteiger partial charge in [-0.25, -0.2) is 4.98 Å². The molecule has 1 fully saturated rings. The summed E-state index contributed by atoms with van der Waals surface area (Å²) < 4.78 is 0. The van der Waals surface area contributed by atoms with Gasteiger partial charge in [-0.15, -0.1) is 6.58 Å². The summed E-state index contributed by atoms with van der Waals surface area (Å²) in [5.74, 6) is -0.495. The second-order valence-electron chi connectivity index (χ2n) is 14.4. The number of rotatable bonds is 17. The van der Waals surface area contributed by atoms with E-state index in [1.165, 1.54) is 6.42 Å². The number of amides is 2. The molecule has 45 heavy (non-hydrogen) atoms. The van der Waals surface area contributed by atoms with Crippen LogP contribution in [0.1, 0.15) is 97.2 Å². The average molecular weight is 621 g/mol. The number of allylic oxidation sites excluding steroid dienone is 1. The van der Waals surface area contributed by atoms with Crippen LogP contribution in [-0.4, -0.2) is 50.9 Å². The molecule has 248 valence electrons. The zero-order valence-corrected chi connectivity index (χ0v) is 28.1. The number of imidazole rings is 1. The molecule has 1 heterocycles. The lowest BCUT2D eigenvalue weighted by molar-refractivity contribution is -0.135. The summed E-state index contributed by atoms with van der Waals surface area (Å²) in [6.07, 6.45) is 11.9. The van der Waals surface area contributed by atoms with E-state index in [4.69, 9.17) is 0 Å². The van der Waals surface area contributed by atoms with E-state index in [1.54, 1.807) is 12.5 Å². The van der Waals surface area contributed by atoms with Crippen molar-refractivity contribution in [2.75, 3.05) is 0 Å². The maximum Gasteiger partial charge on any atom is 0.243 e. The molecule has 1 saturated carbocycles. The minimum absolute atomic E-state index is 0.00974. The number of nitrogens with one attached hydrogen (secondary N) is 3. The second kappa shape index (κ2) is 17.4. The van der Waals surface area contributed by atoms with Crippen LogP contribution in [0.4, 0.5) is 0 Å². The van der Waals surface area contributed by atoms with E-state index in [2.05, 4.69) is 41.0 Å². The lowest BCUT2D eigenvalue weighted by atomic mass is 9.81. The molecule has 4 N–H and O–H groups in total. The Labute approximate surface area is 270 Å². The Balaban J connectivity index is 1.85. The third-order valence-corrected chi connectivity index (χ3v) is 9.34. The Hall–Kier alpha value is -3.26. The third-order valence-electron chi connectivity index (χ3n) is 9.34. The number of H-pyrrole nitrogens is 1. The number of aromatic amines is 1. The first-order chi connectivity index (χ1) is 21.4. The van der Waals surface area contributed by atoms with Crippen molar-refractivity contribution in [3.63, 3.8) is 0 Å². The molecule has 0 radical (unpaired) electrons. The zero-order chi connectivity index (χ0) is 33.0. The average Bonchev–Trinajstić information content (AvgIpc) is 3.52. The number of nitrogens with zero attached hydrogens (tertiary/aromatic N) is 1. The van der Waals surface area contributed by atoms with Gasteiger partial charge in [0.15, 0.2) is 0 Å². The fourth-order valence-corrected chi connectivity index (χ4v) is 6.26. The van der Waals surface area contributed by atoms with Crippen molar-refractivity contribution in [2.24, 2.45) is 29.1 Å². The summed E-state index contributed by atoms with van der Waals surface area (Å²) in [6, 6.07) is 8.25. The molecule has 8 nitrogen and oxygen atoms in total. The van der Waals surface area contributed by atoms with Gasteiger partial charge in [0.05, 0.1) is 24.2 Å². The normalized spacial score (nSPS) is 17.6. The van der Waals surface area contributed by atoms with Gasteiger partial charge in [-0.1, -0.05) is 103 Å². The molecule has 2 amide bonds. The Morgan fingerprint density at radius 1 is 1.04 bits per heavy atom. The molecule has 1 aromatic heterocycles. The minimum Gasteiger partial charge on any atom is -0.391 e. The van der Waals surface area contributed by atoms with Crippen molar-refractivity contribution in [1.29, 1.82) is 0 Å². The molecular formula is C37H56N4O4. The highest BCUT2D eigenvalue weighted by molar-refractivity contribution is 5.92. The number of aliphatic hydroxyl groups is 1. The third kappa shape index (κ3) is 11.9. The SMILES string of the molecule is C=C[C@@H](C[C@H](O)[C@H](CC1CCCCC1)NC(=O)[C@H](Cc1c[nH]cn1)NC(=O)C(CC(=O)C(C)(C)C)Cc1ccccc1)C(C)C. The molecule has 3 rings (SSSR count). The Morgan fingerprint density at radius 2 is 1.73 bits per heavy atom. The number of Topliss-reactive ketones (excluding diaryl/α,β-unsaturated/α-hetero) is 1. The van der Waals surface area contributed by atoms with Crippen LogP contribution in [0.2, 0.25) is 0 Å². The Bertz CT molecular complexity index is 1200. The summed E-state index contributed by atoms with van der Waals surface area (Å²) in [6.45, 7) is 13.8. The van der Waals surface area contributed by atoms with Gasteiger partial charge in [0.2, 0.25) is 11.8 Å². The molecule has 8 heteroatoms. The van der Waals surface area contributed by atoms with E-state index >= 15 is 0 Å². The van der Waals surface area contributed by atoms with Crippen LogP contribution in [0.3, 0.4) is 0 Å². The van der Waals surface area contributed by atoms with E-state index in [0.717, 1.165) is 31.2 Å². The number of hydrogen-bond acceptors (Lipinski definition) is 5. The highest BCUT2D eigenvalue weighted by Crippen LogP contribution is 2.30. The second-order valence-corrected chi connectivity index (χ2v) is 14.4. The lowest BCUT2D eigenvalue weighted by Gasteiger charge is -2.33. The van der Waals surface area contributed by atoms with Crippen LogP contribution in [-0.2, 0) is 27.2 Å². The van der Waals surface area contributed by atoms with Crippen LogP contribution < -0.4 is 10.6 Å². The summed E-state index contributed by atoms with van der Waals surface area (Å²) in [5.41, 5.74) is 0.991. The summed E-state index contributed by atoms with van der Waals surface area (Å²) in [4.78, 5) is 48.3. The van der Waals surface area contributed by atoms with Gasteiger partial charge in [0, 0.05) is 30.4 Å². The smallest absolute Gasteiger partial charge is 0.243 e. The maximum atomic E-state index is 14.1. The molecule has 0 aliphatic heterocycles. The largest absolute Gasteiger partial charge is 0.391 e. The molecule has 1 aliphatic carbocycles. The summed E-state index contributed by atoms with van der Waals surface area (Å²) in [7, 11) is 0. The maximum absolute atomic E-state index is 14.1. The molecular weight excluding hydrogens is 564 g/mol. The zero-order valence-electron chi connectivity index (χ0n) is 28.1. The van der Waals surface area contributed by atoms with Crippen LogP contribution in [0.15, 0.2) is 55.5 Å². The van der Waals surface area contributed by atoms with Crippen LogP contribution in [0.25, 0.3) is 0 Å². The van der Waals surface area contributed by atoms with Crippen LogP contribution in [0, 0.1) is 29.1 Å². The number of benzene rings is 1. The fraction of sp³-hybridized carbons (Fsp3) is 0.622. The number of aromatic nitrogens is 2. The van der Waals surface area contributed by atoms with Crippen molar-refractivity contribution in [3.05, 3.63) is 66.8 Å². The number of aliphatic hydroxyl groups excluding tert-OH is 1. The minimum atomic E-state index is -0.926. The first kappa shape index (κ1) is 36.2. The molecule has 1 aliphatic rings. The Kier molecular flexibility index (Phi) is 14.0. The van der Waals surface area contributed by atoms with Gasteiger partial charge in [-0.3, -0.25) is 14.4 Å². The predicted octanol–water partition coefficient (Wildman–Crippen LogP) is 5.97. The van der Waals surface area contributed by atoms with Crippen molar-refractivity contribution in [3.8, 4) is 0 Å². The van der Waals surface area contributed by atoms with E-state index in [-0.39, 0.29) is 36.4 Å². The van der Waals surface area contributed by atoms with Crippen LogP contribution >= 0.6 is 0 Å². The van der Waals surface area contributed by atoms with Gasteiger partial charge in [-0.2, -0.15) is 0 Å². The topological polar surface area (TPSA) is 124 Å². The van der Waals surface area contributed by atoms with Gasteiger partial charge in [-0.05, 0) is 42.6 Å². The number of carbonyl (C=O) groups is 3. The molecule has 0 bridgehead atoms. The van der Waals surface area contributed by atoms with Crippen molar-refractivity contribution < 1.29 is 19.5 Å². The predicted molar refractivity (Wildman–Crippen MR) is 179 cm³/mol. The lowest BCUT2D eigenvalue weighted by Crippen LogP contribution is -2.55. The molecule has 2 aromatic rings. The quantitative estimate of drug-likeness (QED) is 0.162. The van der Waals surface area contributed by atoms with E-state index in [1.807, 2.05) is 57.2 Å². The van der Waals surface area contributed by atoms with Crippen molar-refractivity contribution in [1.82, 2.24) is 20.6 Å². The highest BCUT2D eigenvalue weighted by atomic mass is 16.3. The number of carbonyl (C=O) groups excluding carboxylic acids is 3. The van der Waals surface area contributed by atoms with E-state index < -0.39 is 29.5 Å². The van der Waals surface area contributed by atoms with Gasteiger partial charge >= 0.3 is 0 Å². The molecule has 1 aromatic carbocycles. The molecule has 1 unspecified atom stereocenters. The van der Waals surface area contributed by atoms with Gasteiger partial charge < -0.3 is 20.7 Å². The number of hydrogen-bond donors (Lipinski definition) is 4. The standard InChI is InChI=1S/C37H56N4O4/c1-7-28(25(2)3)20-33(42)31(19-27-16-12-9-13-17-27)40-36(45)32(22-30-23-38-24-39-30)41-35(44)29(21-34(43)37(4,5)6)18-26-14-10-8-11-15-26/h7-8,10-11,14-15,23-25,27-29,31-33,42H,1,9,12-13,16-22H2,2-6H3,(H,38,39)(H,40,45)(H,41,44)/t28-,29?,31-,32-,33-/m0/s1. The fourth-order valence-electron chi connectivity index (χ4n) is 6.26. The summed E-state index contributed by atoms with van der Waals surface area (Å²) in [5, 5.41) is 17.6. The first-order valence-electron chi connectivity index (χ1n) is 16.8. The molecule has 5 atom stereocenters. The first-order valence-corrected chi connectivity index (χ1v) is 16.8. The van der Waals surface area contributed by atoms with Crippen molar-refractivity contribution >= 4 is 17.6 Å². The molecule has 0 saturated heterocycles. The number of ketones is 1. The van der Waals surface area contributed by atoms with Gasteiger partial charge in [0.1, 0.15) is 11.8 Å². The van der Waals surface area contributed by atoms with E-state index in [0.29, 0.717) is 36.8 Å². The molecule has 0 spiro atoms.